The van der Waals surface area contributed by atoms with Crippen molar-refractivity contribution in [2.45, 2.75) is 6.17 Å². The molecule has 1 aliphatic rings. The SMILES string of the molecule is CN1c2cccnc2C=CC1N. The van der Waals surface area contributed by atoms with Crippen molar-refractivity contribution in [3.05, 3.63) is 30.1 Å². The smallest absolute Gasteiger partial charge is 0.0963 e. The van der Waals surface area contributed by atoms with Gasteiger partial charge in [0.2, 0.25) is 0 Å². The van der Waals surface area contributed by atoms with Crippen LogP contribution in [0.4, 0.5) is 5.69 Å². The zero-order valence-corrected chi connectivity index (χ0v) is 6.94. The largest absolute Gasteiger partial charge is 0.354 e. The second-order valence-corrected chi connectivity index (χ2v) is 2.87. The molecule has 0 radical (unpaired) electrons. The number of anilines is 1. The van der Waals surface area contributed by atoms with E-state index in [2.05, 4.69) is 4.98 Å². The minimum atomic E-state index is -0.0262. The van der Waals surface area contributed by atoms with Gasteiger partial charge in [-0.3, -0.25) is 4.98 Å². The monoisotopic (exact) mass is 161 g/mol. The standard InChI is InChI=1S/C9H11N3/c1-12-8-3-2-6-11-7(8)4-5-9(12)10/h2-6,9H,10H2,1H3. The molecule has 2 rings (SSSR count). The lowest BCUT2D eigenvalue weighted by molar-refractivity contribution is 0.778. The van der Waals surface area contributed by atoms with Crippen molar-refractivity contribution in [1.29, 1.82) is 0 Å². The Labute approximate surface area is 71.5 Å². The van der Waals surface area contributed by atoms with Crippen LogP contribution in [0.25, 0.3) is 6.08 Å². The van der Waals surface area contributed by atoms with Crippen LogP contribution in [0.15, 0.2) is 24.4 Å². The quantitative estimate of drug-likeness (QED) is 0.612. The lowest BCUT2D eigenvalue weighted by Crippen LogP contribution is -2.39. The molecule has 1 aromatic heterocycles. The summed E-state index contributed by atoms with van der Waals surface area (Å²) >= 11 is 0. The van der Waals surface area contributed by atoms with E-state index in [1.807, 2.05) is 36.2 Å². The molecule has 2 heterocycles. The first-order valence-corrected chi connectivity index (χ1v) is 3.90. The van der Waals surface area contributed by atoms with E-state index < -0.39 is 0 Å². The predicted molar refractivity (Wildman–Crippen MR) is 49.6 cm³/mol. The number of nitrogens with zero attached hydrogens (tertiary/aromatic N) is 2. The van der Waals surface area contributed by atoms with Crippen LogP contribution in [0, 0.1) is 0 Å². The van der Waals surface area contributed by atoms with Gasteiger partial charge in [-0.05, 0) is 24.3 Å². The average molecular weight is 161 g/mol. The molecule has 62 valence electrons. The van der Waals surface area contributed by atoms with Crippen molar-refractivity contribution in [3.8, 4) is 0 Å². The van der Waals surface area contributed by atoms with Gasteiger partial charge in [-0.25, -0.2) is 0 Å². The van der Waals surface area contributed by atoms with E-state index in [1.165, 1.54) is 0 Å². The van der Waals surface area contributed by atoms with Gasteiger partial charge in [0.05, 0.1) is 17.5 Å². The number of rotatable bonds is 0. The van der Waals surface area contributed by atoms with Crippen molar-refractivity contribution in [2.24, 2.45) is 5.73 Å². The number of aromatic nitrogens is 1. The molecule has 1 unspecified atom stereocenters. The molecular formula is C9H11N3. The van der Waals surface area contributed by atoms with Crippen molar-refractivity contribution in [2.75, 3.05) is 11.9 Å². The van der Waals surface area contributed by atoms with Gasteiger partial charge in [0, 0.05) is 13.2 Å². The fourth-order valence-corrected chi connectivity index (χ4v) is 1.32. The van der Waals surface area contributed by atoms with Crippen LogP contribution >= 0.6 is 0 Å². The third-order valence-electron chi connectivity index (χ3n) is 2.09. The fourth-order valence-electron chi connectivity index (χ4n) is 1.32. The maximum Gasteiger partial charge on any atom is 0.0963 e. The van der Waals surface area contributed by atoms with E-state index in [1.54, 1.807) is 6.20 Å². The van der Waals surface area contributed by atoms with Gasteiger partial charge in [0.15, 0.2) is 0 Å². The van der Waals surface area contributed by atoms with Gasteiger partial charge in [-0.15, -0.1) is 0 Å². The number of hydrogen-bond acceptors (Lipinski definition) is 3. The summed E-state index contributed by atoms with van der Waals surface area (Å²) in [6.45, 7) is 0. The molecule has 3 nitrogen and oxygen atoms in total. The van der Waals surface area contributed by atoms with Gasteiger partial charge < -0.3 is 10.6 Å². The Kier molecular flexibility index (Phi) is 1.59. The fraction of sp³-hybridized carbons (Fsp3) is 0.222. The highest BCUT2D eigenvalue weighted by atomic mass is 15.2. The van der Waals surface area contributed by atoms with Crippen LogP contribution < -0.4 is 10.6 Å². The van der Waals surface area contributed by atoms with E-state index in [0.29, 0.717) is 0 Å². The predicted octanol–water partition coefficient (Wildman–Crippen LogP) is 0.829. The minimum absolute atomic E-state index is 0.0262. The number of fused-ring (bicyclic) bond motifs is 1. The normalized spacial score (nSPS) is 20.8. The number of nitrogens with two attached hydrogens (primary N) is 1. The summed E-state index contributed by atoms with van der Waals surface area (Å²) in [4.78, 5) is 6.22. The average Bonchev–Trinajstić information content (AvgIpc) is 2.12. The summed E-state index contributed by atoms with van der Waals surface area (Å²) in [7, 11) is 1.97. The van der Waals surface area contributed by atoms with E-state index >= 15 is 0 Å². The van der Waals surface area contributed by atoms with Crippen molar-refractivity contribution in [1.82, 2.24) is 4.98 Å². The molecule has 1 atom stereocenters. The summed E-state index contributed by atoms with van der Waals surface area (Å²) in [6, 6.07) is 3.94. The van der Waals surface area contributed by atoms with Crippen LogP contribution in [0.5, 0.6) is 0 Å². The molecule has 12 heavy (non-hydrogen) atoms. The minimum Gasteiger partial charge on any atom is -0.354 e. The Hall–Kier alpha value is -1.35. The van der Waals surface area contributed by atoms with E-state index in [9.17, 15) is 0 Å². The van der Waals surface area contributed by atoms with Crippen LogP contribution in [0.2, 0.25) is 0 Å². The van der Waals surface area contributed by atoms with Crippen LogP contribution in [0.1, 0.15) is 5.69 Å². The first kappa shape index (κ1) is 7.31. The van der Waals surface area contributed by atoms with Crippen LogP contribution in [0.3, 0.4) is 0 Å². The second-order valence-electron chi connectivity index (χ2n) is 2.87. The van der Waals surface area contributed by atoms with Crippen molar-refractivity contribution in [3.63, 3.8) is 0 Å². The van der Waals surface area contributed by atoms with E-state index in [0.717, 1.165) is 11.4 Å². The maximum absolute atomic E-state index is 5.80. The summed E-state index contributed by atoms with van der Waals surface area (Å²) < 4.78 is 0. The highest BCUT2D eigenvalue weighted by Gasteiger charge is 2.14. The summed E-state index contributed by atoms with van der Waals surface area (Å²) in [6.07, 6.45) is 5.66. The molecule has 0 aromatic carbocycles. The molecule has 0 spiro atoms. The summed E-state index contributed by atoms with van der Waals surface area (Å²) in [5.41, 5.74) is 7.88. The molecule has 0 aliphatic carbocycles. The molecule has 0 saturated carbocycles. The molecule has 2 N–H and O–H groups in total. The molecule has 1 aliphatic heterocycles. The highest BCUT2D eigenvalue weighted by Crippen LogP contribution is 2.23. The second kappa shape index (κ2) is 2.60. The van der Waals surface area contributed by atoms with Crippen LogP contribution in [-0.4, -0.2) is 18.2 Å². The zero-order chi connectivity index (χ0) is 8.55. The molecule has 1 aromatic rings. The molecular weight excluding hydrogens is 150 g/mol. The molecule has 0 saturated heterocycles. The van der Waals surface area contributed by atoms with Crippen LogP contribution in [-0.2, 0) is 0 Å². The molecule has 0 fully saturated rings. The lowest BCUT2D eigenvalue weighted by atomic mass is 10.2. The first-order valence-electron chi connectivity index (χ1n) is 3.90. The highest BCUT2D eigenvalue weighted by molar-refractivity contribution is 5.68. The third kappa shape index (κ3) is 0.987. The van der Waals surface area contributed by atoms with E-state index in [-0.39, 0.29) is 6.17 Å². The van der Waals surface area contributed by atoms with Crippen molar-refractivity contribution < 1.29 is 0 Å². The van der Waals surface area contributed by atoms with Gasteiger partial charge in [0.25, 0.3) is 0 Å². The van der Waals surface area contributed by atoms with Gasteiger partial charge in [-0.1, -0.05) is 0 Å². The molecule has 3 heteroatoms. The van der Waals surface area contributed by atoms with E-state index in [4.69, 9.17) is 5.73 Å². The zero-order valence-electron chi connectivity index (χ0n) is 6.94. The Balaban J connectivity index is 2.52. The van der Waals surface area contributed by atoms with Crippen molar-refractivity contribution >= 4 is 11.8 Å². The molecule has 0 amide bonds. The Bertz CT molecular complexity index is 319. The summed E-state index contributed by atoms with van der Waals surface area (Å²) in [5.74, 6) is 0. The number of hydrogen-bond donors (Lipinski definition) is 1. The lowest BCUT2D eigenvalue weighted by Gasteiger charge is -2.28. The third-order valence-corrected chi connectivity index (χ3v) is 2.09. The Morgan fingerprint density at radius 2 is 2.42 bits per heavy atom. The van der Waals surface area contributed by atoms with Gasteiger partial charge in [-0.2, -0.15) is 0 Å². The topological polar surface area (TPSA) is 42.2 Å². The molecule has 0 bridgehead atoms. The first-order chi connectivity index (χ1) is 5.79. The Morgan fingerprint density at radius 3 is 3.25 bits per heavy atom. The maximum atomic E-state index is 5.80. The van der Waals surface area contributed by atoms with Gasteiger partial charge >= 0.3 is 0 Å². The Morgan fingerprint density at radius 1 is 1.58 bits per heavy atom. The van der Waals surface area contributed by atoms with Gasteiger partial charge in [0.1, 0.15) is 0 Å². The number of pyridine rings is 1. The summed E-state index contributed by atoms with van der Waals surface area (Å²) in [5, 5.41) is 0. The number of likely N-dealkylation sites (N-methyl/N-ethyl adjacent to an activating group) is 1.